The van der Waals surface area contributed by atoms with Gasteiger partial charge in [-0.25, -0.2) is 4.98 Å². The van der Waals surface area contributed by atoms with Crippen LogP contribution in [-0.2, 0) is 0 Å². The third-order valence-corrected chi connectivity index (χ3v) is 5.07. The Morgan fingerprint density at radius 2 is 1.45 bits per heavy atom. The molecule has 1 N–H and O–H groups in total. The Morgan fingerprint density at radius 3 is 2.00 bits per heavy atom. The number of hydrogen-bond donors (Lipinski definition) is 1. The second kappa shape index (κ2) is 9.36. The molecule has 0 bridgehead atoms. The lowest BCUT2D eigenvalue weighted by molar-refractivity contribution is -0.385. The van der Waals surface area contributed by atoms with Crippen molar-refractivity contribution < 1.29 is 9.66 Å². The first-order chi connectivity index (χ1) is 15.1. The summed E-state index contributed by atoms with van der Waals surface area (Å²) in [5.74, 6) is 0.369. The monoisotopic (exact) mass is 476 g/mol. The minimum Gasteiger partial charge on any atom is -0.434 e. The van der Waals surface area contributed by atoms with Crippen LogP contribution in [0.1, 0.15) is 17.2 Å². The number of nitrogens with zero attached hydrogens (tertiary/aromatic N) is 3. The highest BCUT2D eigenvalue weighted by atomic mass is 79.9. The van der Waals surface area contributed by atoms with E-state index >= 15 is 0 Å². The van der Waals surface area contributed by atoms with Crippen molar-refractivity contribution >= 4 is 27.4 Å². The highest BCUT2D eigenvalue weighted by molar-refractivity contribution is 9.10. The van der Waals surface area contributed by atoms with Gasteiger partial charge in [0.1, 0.15) is 12.1 Å². The van der Waals surface area contributed by atoms with Crippen molar-refractivity contribution in [3.05, 3.63) is 117 Å². The Kier molecular flexibility index (Phi) is 6.18. The molecular formula is C23H17BrN4O3. The smallest absolute Gasteiger partial charge is 0.373 e. The molecule has 0 amide bonds. The van der Waals surface area contributed by atoms with Crippen LogP contribution in [0.5, 0.6) is 11.6 Å². The van der Waals surface area contributed by atoms with E-state index in [0.717, 1.165) is 15.6 Å². The van der Waals surface area contributed by atoms with Crippen LogP contribution in [0, 0.1) is 10.1 Å². The molecule has 8 heteroatoms. The number of ether oxygens (including phenoxy) is 1. The van der Waals surface area contributed by atoms with Crippen molar-refractivity contribution in [2.24, 2.45) is 0 Å². The zero-order chi connectivity index (χ0) is 21.6. The average Bonchev–Trinajstić information content (AvgIpc) is 2.80. The number of halogens is 1. The van der Waals surface area contributed by atoms with Gasteiger partial charge in [-0.05, 0) is 35.4 Å². The predicted molar refractivity (Wildman–Crippen MR) is 121 cm³/mol. The Bertz CT molecular complexity index is 1130. The molecule has 7 nitrogen and oxygen atoms in total. The van der Waals surface area contributed by atoms with E-state index in [-0.39, 0.29) is 23.4 Å². The Balaban J connectivity index is 1.74. The van der Waals surface area contributed by atoms with Crippen molar-refractivity contribution in [2.75, 3.05) is 5.32 Å². The van der Waals surface area contributed by atoms with Gasteiger partial charge < -0.3 is 10.1 Å². The first-order valence-corrected chi connectivity index (χ1v) is 10.2. The van der Waals surface area contributed by atoms with Gasteiger partial charge in [0, 0.05) is 4.47 Å². The van der Waals surface area contributed by atoms with Crippen LogP contribution in [0.3, 0.4) is 0 Å². The maximum Gasteiger partial charge on any atom is 0.373 e. The number of aromatic nitrogens is 2. The van der Waals surface area contributed by atoms with E-state index in [2.05, 4.69) is 31.2 Å². The second-order valence-corrected chi connectivity index (χ2v) is 7.50. The van der Waals surface area contributed by atoms with Gasteiger partial charge >= 0.3 is 11.6 Å². The zero-order valence-electron chi connectivity index (χ0n) is 16.2. The Hall–Kier alpha value is -3.78. The van der Waals surface area contributed by atoms with Crippen molar-refractivity contribution in [1.82, 2.24) is 9.97 Å². The van der Waals surface area contributed by atoms with E-state index in [4.69, 9.17) is 4.74 Å². The SMILES string of the molecule is O=[N+]([O-])c1c(NC(c2ccccc2)c2ccccc2)ncnc1Oc1ccc(Br)cc1. The molecule has 31 heavy (non-hydrogen) atoms. The molecule has 4 rings (SSSR count). The van der Waals surface area contributed by atoms with Crippen LogP contribution in [0.2, 0.25) is 0 Å². The topological polar surface area (TPSA) is 90.2 Å². The van der Waals surface area contributed by atoms with Crippen LogP contribution < -0.4 is 10.1 Å². The number of nitrogens with one attached hydrogen (secondary N) is 1. The maximum atomic E-state index is 11.9. The molecule has 4 aromatic rings. The predicted octanol–water partition coefficient (Wildman–Crippen LogP) is 6.14. The Labute approximate surface area is 187 Å². The van der Waals surface area contributed by atoms with Crippen LogP contribution in [-0.4, -0.2) is 14.9 Å². The molecule has 0 aliphatic carbocycles. The molecular weight excluding hydrogens is 460 g/mol. The largest absolute Gasteiger partial charge is 0.434 e. The van der Waals surface area contributed by atoms with Gasteiger partial charge in [0.2, 0.25) is 5.82 Å². The van der Waals surface area contributed by atoms with Crippen LogP contribution in [0.25, 0.3) is 0 Å². The average molecular weight is 477 g/mol. The van der Waals surface area contributed by atoms with Crippen LogP contribution in [0.15, 0.2) is 95.7 Å². The third-order valence-electron chi connectivity index (χ3n) is 4.55. The molecule has 0 unspecified atom stereocenters. The quantitative estimate of drug-likeness (QED) is 0.254. The summed E-state index contributed by atoms with van der Waals surface area (Å²) < 4.78 is 6.57. The third kappa shape index (κ3) is 4.87. The summed E-state index contributed by atoms with van der Waals surface area (Å²) in [6.07, 6.45) is 1.25. The van der Waals surface area contributed by atoms with E-state index in [1.54, 1.807) is 24.3 Å². The van der Waals surface area contributed by atoms with Crippen molar-refractivity contribution in [2.45, 2.75) is 6.04 Å². The van der Waals surface area contributed by atoms with E-state index in [9.17, 15) is 10.1 Å². The van der Waals surface area contributed by atoms with Gasteiger partial charge in [0.25, 0.3) is 0 Å². The summed E-state index contributed by atoms with van der Waals surface area (Å²) in [5.41, 5.74) is 1.55. The molecule has 0 saturated carbocycles. The highest BCUT2D eigenvalue weighted by Crippen LogP contribution is 2.37. The maximum absolute atomic E-state index is 11.9. The van der Waals surface area contributed by atoms with E-state index in [1.165, 1.54) is 6.33 Å². The fraction of sp³-hybridized carbons (Fsp3) is 0.0435. The van der Waals surface area contributed by atoms with Gasteiger partial charge in [-0.1, -0.05) is 76.6 Å². The van der Waals surface area contributed by atoms with Gasteiger partial charge in [-0.15, -0.1) is 0 Å². The molecule has 1 aromatic heterocycles. The van der Waals surface area contributed by atoms with Gasteiger partial charge in [0.05, 0.1) is 11.0 Å². The lowest BCUT2D eigenvalue weighted by Crippen LogP contribution is -2.15. The van der Waals surface area contributed by atoms with E-state index in [1.807, 2.05) is 60.7 Å². The zero-order valence-corrected chi connectivity index (χ0v) is 17.8. The van der Waals surface area contributed by atoms with E-state index in [0.29, 0.717) is 5.75 Å². The van der Waals surface area contributed by atoms with Gasteiger partial charge in [-0.3, -0.25) is 10.1 Å². The van der Waals surface area contributed by atoms with Crippen LogP contribution >= 0.6 is 15.9 Å². The van der Waals surface area contributed by atoms with E-state index < -0.39 is 4.92 Å². The summed E-state index contributed by atoms with van der Waals surface area (Å²) in [7, 11) is 0. The summed E-state index contributed by atoms with van der Waals surface area (Å²) in [5, 5.41) is 15.2. The molecule has 0 fully saturated rings. The number of hydrogen-bond acceptors (Lipinski definition) is 6. The first kappa shape index (κ1) is 20.5. The fourth-order valence-corrected chi connectivity index (χ4v) is 3.37. The van der Waals surface area contributed by atoms with Crippen LogP contribution in [0.4, 0.5) is 11.5 Å². The number of anilines is 1. The molecule has 154 valence electrons. The molecule has 0 atom stereocenters. The summed E-state index contributed by atoms with van der Waals surface area (Å²) in [4.78, 5) is 19.6. The molecule has 3 aromatic carbocycles. The first-order valence-electron chi connectivity index (χ1n) is 9.41. The summed E-state index contributed by atoms with van der Waals surface area (Å²) >= 11 is 3.35. The number of rotatable bonds is 7. The summed E-state index contributed by atoms with van der Waals surface area (Å²) in [6, 6.07) is 25.9. The summed E-state index contributed by atoms with van der Waals surface area (Å²) in [6.45, 7) is 0. The number of nitro groups is 1. The molecule has 0 spiro atoms. The molecule has 0 aliphatic heterocycles. The van der Waals surface area contributed by atoms with Gasteiger partial charge in [0.15, 0.2) is 0 Å². The van der Waals surface area contributed by atoms with Crippen molar-refractivity contribution in [3.8, 4) is 11.6 Å². The normalized spacial score (nSPS) is 10.6. The van der Waals surface area contributed by atoms with Gasteiger partial charge in [-0.2, -0.15) is 4.98 Å². The number of benzene rings is 3. The second-order valence-electron chi connectivity index (χ2n) is 6.59. The highest BCUT2D eigenvalue weighted by Gasteiger charge is 2.27. The molecule has 1 heterocycles. The standard InChI is InChI=1S/C23H17BrN4O3/c24-18-11-13-19(14-12-18)31-23-21(28(29)30)22(25-15-26-23)27-20(16-7-3-1-4-8-16)17-9-5-2-6-10-17/h1-15,20H,(H,25,26,27). The minimum atomic E-state index is -0.538. The van der Waals surface area contributed by atoms with Crippen molar-refractivity contribution in [1.29, 1.82) is 0 Å². The van der Waals surface area contributed by atoms with Crippen molar-refractivity contribution in [3.63, 3.8) is 0 Å². The lowest BCUT2D eigenvalue weighted by Gasteiger charge is -2.20. The Morgan fingerprint density at radius 1 is 0.871 bits per heavy atom. The minimum absolute atomic E-state index is 0.0739. The molecule has 0 saturated heterocycles. The fourth-order valence-electron chi connectivity index (χ4n) is 3.11. The molecule has 0 aliphatic rings. The lowest BCUT2D eigenvalue weighted by atomic mass is 9.99. The molecule has 0 radical (unpaired) electrons.